The van der Waals surface area contributed by atoms with Crippen molar-refractivity contribution in [2.45, 2.75) is 30.8 Å². The Morgan fingerprint density at radius 2 is 1.89 bits per heavy atom. The van der Waals surface area contributed by atoms with Gasteiger partial charge in [0.2, 0.25) is 0 Å². The van der Waals surface area contributed by atoms with E-state index in [4.69, 9.17) is 0 Å². The minimum absolute atomic E-state index is 0.913. The molecule has 2 heterocycles. The van der Waals surface area contributed by atoms with Gasteiger partial charge in [0, 0.05) is 36.2 Å². The fourth-order valence-corrected chi connectivity index (χ4v) is 1.66. The summed E-state index contributed by atoms with van der Waals surface area (Å²) in [6.07, 6.45) is 7.48. The van der Waals surface area contributed by atoms with Gasteiger partial charge in [-0.2, -0.15) is 0 Å². The topological polar surface area (TPSA) is 30.7 Å². The first kappa shape index (κ1) is 17.1. The summed E-state index contributed by atoms with van der Waals surface area (Å²) in [6.45, 7) is 5.95. The normalized spacial score (nSPS) is 8.78. The van der Waals surface area contributed by atoms with Gasteiger partial charge in [0.1, 0.15) is 0 Å². The lowest BCUT2D eigenvalue weighted by molar-refractivity contribution is 0.791. The molecule has 0 N–H and O–H groups in total. The molecule has 0 spiro atoms. The van der Waals surface area contributed by atoms with Gasteiger partial charge in [-0.25, -0.2) is 4.98 Å². The van der Waals surface area contributed by atoms with E-state index in [9.17, 15) is 0 Å². The predicted octanol–water partition coefficient (Wildman–Crippen LogP) is 3.85. The molecule has 2 aromatic rings. The molecule has 0 amide bonds. The average Bonchev–Trinajstić information content (AvgIpc) is 2.82. The van der Waals surface area contributed by atoms with Crippen molar-refractivity contribution in [1.82, 2.24) is 14.5 Å². The minimum Gasteiger partial charge on any atom is -0.329 e. The molecule has 0 aliphatic rings. The molecule has 0 aromatic carbocycles. The van der Waals surface area contributed by atoms with Gasteiger partial charge in [-0.15, -0.1) is 12.6 Å². The molecule has 0 aliphatic heterocycles. The summed E-state index contributed by atoms with van der Waals surface area (Å²) < 4.78 is 1.99. The quantitative estimate of drug-likeness (QED) is 0.637. The Bertz CT molecular complexity index is 403. The molecule has 0 radical (unpaired) electrons. The molecule has 100 valence electrons. The number of hydrogen-bond acceptors (Lipinski definition) is 4. The molecule has 0 atom stereocenters. The van der Waals surface area contributed by atoms with E-state index >= 15 is 0 Å². The lowest BCUT2D eigenvalue weighted by Crippen LogP contribution is -1.85. The third-order valence-corrected chi connectivity index (χ3v) is 2.88. The first-order valence-corrected chi connectivity index (χ1v) is 7.43. The number of imidazole rings is 1. The Morgan fingerprint density at radius 3 is 2.17 bits per heavy atom. The smallest absolute Gasteiger partial charge is 0.167 e. The van der Waals surface area contributed by atoms with Crippen LogP contribution in [0.2, 0.25) is 0 Å². The molecule has 0 unspecified atom stereocenters. The summed E-state index contributed by atoms with van der Waals surface area (Å²) >= 11 is 5.72. The van der Waals surface area contributed by atoms with Crippen molar-refractivity contribution in [3.8, 4) is 0 Å². The van der Waals surface area contributed by atoms with Crippen LogP contribution in [-0.4, -0.2) is 20.8 Å². The van der Waals surface area contributed by atoms with Gasteiger partial charge in [-0.3, -0.25) is 4.98 Å². The Labute approximate surface area is 119 Å². The van der Waals surface area contributed by atoms with Crippen molar-refractivity contribution in [3.05, 3.63) is 36.4 Å². The lowest BCUT2D eigenvalue weighted by Gasteiger charge is -1.92. The van der Waals surface area contributed by atoms with E-state index in [1.807, 2.05) is 57.0 Å². The molecule has 18 heavy (non-hydrogen) atoms. The van der Waals surface area contributed by atoms with E-state index < -0.39 is 0 Å². The van der Waals surface area contributed by atoms with Crippen LogP contribution < -0.4 is 0 Å². The number of thioether (sulfide) groups is 1. The molecule has 0 aliphatic carbocycles. The van der Waals surface area contributed by atoms with Crippen LogP contribution in [-0.2, 0) is 7.05 Å². The molecule has 0 saturated heterocycles. The highest BCUT2D eigenvalue weighted by Gasteiger charge is 1.91. The van der Waals surface area contributed by atoms with E-state index in [0.717, 1.165) is 15.7 Å². The predicted molar refractivity (Wildman–Crippen MR) is 82.6 cm³/mol. The maximum absolute atomic E-state index is 4.07. The van der Waals surface area contributed by atoms with Crippen molar-refractivity contribution >= 4 is 24.4 Å². The monoisotopic (exact) mass is 283 g/mol. The zero-order valence-electron chi connectivity index (χ0n) is 11.6. The molecule has 0 fully saturated rings. The molecule has 2 rings (SSSR count). The number of thiol groups is 1. The number of rotatable bonds is 1. The fraction of sp³-hybridized carbons (Fsp3) is 0.385. The first-order chi connectivity index (χ1) is 8.63. The van der Waals surface area contributed by atoms with Crippen LogP contribution in [0.3, 0.4) is 0 Å². The van der Waals surface area contributed by atoms with E-state index in [1.165, 1.54) is 0 Å². The zero-order valence-corrected chi connectivity index (χ0v) is 13.3. The van der Waals surface area contributed by atoms with Crippen LogP contribution in [0.5, 0.6) is 0 Å². The van der Waals surface area contributed by atoms with Crippen molar-refractivity contribution in [2.75, 3.05) is 6.26 Å². The maximum Gasteiger partial charge on any atom is 0.167 e. The van der Waals surface area contributed by atoms with Crippen LogP contribution in [0.1, 0.15) is 19.5 Å². The Balaban J connectivity index is 0.000000283. The number of pyridine rings is 1. The number of hydrogen-bond donors (Lipinski definition) is 1. The first-order valence-electron chi connectivity index (χ1n) is 5.76. The molecule has 3 nitrogen and oxygen atoms in total. The molecule has 0 bridgehead atoms. The number of aryl methyl sites for hydroxylation is 2. The van der Waals surface area contributed by atoms with Crippen molar-refractivity contribution in [1.29, 1.82) is 0 Å². The van der Waals surface area contributed by atoms with Crippen molar-refractivity contribution < 1.29 is 0 Å². The third-order valence-electron chi connectivity index (χ3n) is 1.86. The Morgan fingerprint density at radius 1 is 1.22 bits per heavy atom. The van der Waals surface area contributed by atoms with Crippen molar-refractivity contribution in [3.63, 3.8) is 0 Å². The van der Waals surface area contributed by atoms with Gasteiger partial charge in [0.05, 0.1) is 0 Å². The van der Waals surface area contributed by atoms with Crippen LogP contribution in [0, 0.1) is 6.92 Å². The molecule has 0 saturated carbocycles. The minimum atomic E-state index is 0.913. The highest BCUT2D eigenvalue weighted by Crippen LogP contribution is 2.08. The molecular formula is C13H21N3S2. The lowest BCUT2D eigenvalue weighted by atomic mass is 10.4. The largest absolute Gasteiger partial charge is 0.329 e. The van der Waals surface area contributed by atoms with E-state index in [2.05, 4.69) is 22.6 Å². The highest BCUT2D eigenvalue weighted by molar-refractivity contribution is 7.98. The zero-order chi connectivity index (χ0) is 14.0. The summed E-state index contributed by atoms with van der Waals surface area (Å²) in [5, 5.41) is 1.06. The standard InChI is InChI=1S/C6H7NS.C5H8N2S.C2H6/c1-5-2-3-6(8)4-7-5;1-7-4-3-6-5(7)8-2;1-2/h2-4,8H,1H3;3-4H,1-2H3;1-2H3. The van der Waals surface area contributed by atoms with Crippen LogP contribution in [0.4, 0.5) is 0 Å². The second-order valence-corrected chi connectivity index (χ2v) is 4.47. The van der Waals surface area contributed by atoms with Gasteiger partial charge in [0.15, 0.2) is 5.16 Å². The summed E-state index contributed by atoms with van der Waals surface area (Å²) in [5.41, 5.74) is 1.03. The SMILES string of the molecule is CC.CSc1nccn1C.Cc1ccc(S)cn1. The maximum atomic E-state index is 4.07. The van der Waals surface area contributed by atoms with Crippen LogP contribution in [0.15, 0.2) is 40.8 Å². The molecule has 2 aromatic heterocycles. The highest BCUT2D eigenvalue weighted by atomic mass is 32.2. The Kier molecular flexibility index (Phi) is 9.50. The molecular weight excluding hydrogens is 262 g/mol. The summed E-state index contributed by atoms with van der Waals surface area (Å²) in [6, 6.07) is 3.85. The van der Waals surface area contributed by atoms with E-state index in [-0.39, 0.29) is 0 Å². The second-order valence-electron chi connectivity index (χ2n) is 3.18. The van der Waals surface area contributed by atoms with Gasteiger partial charge < -0.3 is 4.57 Å². The summed E-state index contributed by atoms with van der Waals surface area (Å²) in [5.74, 6) is 0. The van der Waals surface area contributed by atoms with Gasteiger partial charge >= 0.3 is 0 Å². The van der Waals surface area contributed by atoms with Crippen LogP contribution in [0.25, 0.3) is 0 Å². The van der Waals surface area contributed by atoms with Gasteiger partial charge in [0.25, 0.3) is 0 Å². The fourth-order valence-electron chi connectivity index (χ4n) is 1.01. The third kappa shape index (κ3) is 6.71. The van der Waals surface area contributed by atoms with Gasteiger partial charge in [-0.1, -0.05) is 25.6 Å². The number of nitrogens with zero attached hydrogens (tertiary/aromatic N) is 3. The number of aromatic nitrogens is 3. The van der Waals surface area contributed by atoms with E-state index in [0.29, 0.717) is 0 Å². The summed E-state index contributed by atoms with van der Waals surface area (Å²) in [7, 11) is 1.98. The molecule has 5 heteroatoms. The van der Waals surface area contributed by atoms with Crippen LogP contribution >= 0.6 is 24.4 Å². The van der Waals surface area contributed by atoms with Gasteiger partial charge in [-0.05, 0) is 25.3 Å². The average molecular weight is 283 g/mol. The van der Waals surface area contributed by atoms with E-state index in [1.54, 1.807) is 24.2 Å². The Hall–Kier alpha value is -0.940. The summed E-state index contributed by atoms with van der Waals surface area (Å²) in [4.78, 5) is 8.98. The van der Waals surface area contributed by atoms with Crippen molar-refractivity contribution in [2.24, 2.45) is 7.05 Å². The second kappa shape index (κ2) is 10.0.